The Balaban J connectivity index is 2.14. The van der Waals surface area contributed by atoms with Crippen LogP contribution in [0.2, 0.25) is 0 Å². The molecule has 1 atom stereocenters. The van der Waals surface area contributed by atoms with Gasteiger partial charge < -0.3 is 9.84 Å². The number of carboxylic acid groups (broad SMARTS) is 1. The minimum atomic E-state index is -0.884. The highest BCUT2D eigenvalue weighted by Gasteiger charge is 2.25. The summed E-state index contributed by atoms with van der Waals surface area (Å²) in [6.45, 7) is 1.90. The normalized spacial score (nSPS) is 19.5. The van der Waals surface area contributed by atoms with Gasteiger partial charge in [-0.15, -0.1) is 0 Å². The first kappa shape index (κ1) is 14.4. The van der Waals surface area contributed by atoms with Crippen LogP contribution in [0.15, 0.2) is 18.2 Å². The first-order valence-corrected chi connectivity index (χ1v) is 6.32. The molecule has 2 rings (SSSR count). The molecule has 0 spiro atoms. The van der Waals surface area contributed by atoms with Gasteiger partial charge in [-0.25, -0.2) is 4.39 Å². The van der Waals surface area contributed by atoms with Crippen LogP contribution in [0.4, 0.5) is 4.39 Å². The molecule has 106 valence electrons. The number of carboxylic acids is 1. The lowest BCUT2D eigenvalue weighted by Crippen LogP contribution is -2.46. The van der Waals surface area contributed by atoms with E-state index < -0.39 is 11.8 Å². The third kappa shape index (κ3) is 3.53. The van der Waals surface area contributed by atoms with E-state index in [4.69, 9.17) is 15.1 Å². The van der Waals surface area contributed by atoms with Crippen molar-refractivity contribution < 1.29 is 19.0 Å². The minimum absolute atomic E-state index is 0.0108. The van der Waals surface area contributed by atoms with Crippen LogP contribution >= 0.6 is 0 Å². The molecule has 0 aromatic heterocycles. The fraction of sp³-hybridized carbons (Fsp3) is 0.429. The summed E-state index contributed by atoms with van der Waals surface area (Å²) in [4.78, 5) is 12.8. The standard InChI is InChI=1S/C14H15FN2O3/c15-12-2-1-10(11(5-12)7-16)8-17-3-4-20-9-13(17)6-14(18)19/h1-2,5,13H,3-4,6,8-9H2,(H,18,19). The van der Waals surface area contributed by atoms with Gasteiger partial charge in [-0.3, -0.25) is 9.69 Å². The van der Waals surface area contributed by atoms with Gasteiger partial charge in [0.15, 0.2) is 0 Å². The maximum absolute atomic E-state index is 13.1. The molecule has 1 fully saturated rings. The third-order valence-electron chi connectivity index (χ3n) is 3.33. The van der Waals surface area contributed by atoms with E-state index in [0.29, 0.717) is 31.9 Å². The average Bonchev–Trinajstić information content (AvgIpc) is 2.42. The third-order valence-corrected chi connectivity index (χ3v) is 3.33. The number of rotatable bonds is 4. The molecule has 1 aromatic rings. The van der Waals surface area contributed by atoms with Crippen LogP contribution < -0.4 is 0 Å². The Morgan fingerprint density at radius 1 is 1.60 bits per heavy atom. The van der Waals surface area contributed by atoms with Gasteiger partial charge in [0.05, 0.1) is 31.3 Å². The molecule has 20 heavy (non-hydrogen) atoms. The average molecular weight is 278 g/mol. The zero-order chi connectivity index (χ0) is 14.5. The molecule has 0 saturated carbocycles. The number of morpholine rings is 1. The van der Waals surface area contributed by atoms with Crippen LogP contribution in [-0.2, 0) is 16.1 Å². The molecule has 1 N–H and O–H groups in total. The molecule has 1 aromatic carbocycles. The zero-order valence-electron chi connectivity index (χ0n) is 10.9. The maximum atomic E-state index is 13.1. The number of aliphatic carboxylic acids is 1. The van der Waals surface area contributed by atoms with Crippen molar-refractivity contribution in [2.45, 2.75) is 19.0 Å². The highest BCUT2D eigenvalue weighted by atomic mass is 19.1. The second-order valence-corrected chi connectivity index (χ2v) is 4.71. The smallest absolute Gasteiger partial charge is 0.305 e. The molecule has 1 heterocycles. The predicted octanol–water partition coefficient (Wildman–Crippen LogP) is 1.37. The van der Waals surface area contributed by atoms with E-state index in [0.717, 1.165) is 0 Å². The van der Waals surface area contributed by atoms with Gasteiger partial charge in [0.2, 0.25) is 0 Å². The summed E-state index contributed by atoms with van der Waals surface area (Å²) < 4.78 is 18.4. The van der Waals surface area contributed by atoms with Gasteiger partial charge in [0, 0.05) is 19.1 Å². The second kappa shape index (κ2) is 6.46. The maximum Gasteiger partial charge on any atom is 0.305 e. The fourth-order valence-corrected chi connectivity index (χ4v) is 2.30. The molecule has 1 aliphatic heterocycles. The summed E-state index contributed by atoms with van der Waals surface area (Å²) in [6.07, 6.45) is -0.0108. The van der Waals surface area contributed by atoms with Crippen LogP contribution in [0.5, 0.6) is 0 Å². The number of hydrogen-bond acceptors (Lipinski definition) is 4. The van der Waals surface area contributed by atoms with Crippen LogP contribution in [0.25, 0.3) is 0 Å². The molecule has 0 aliphatic carbocycles. The van der Waals surface area contributed by atoms with Crippen LogP contribution in [0, 0.1) is 17.1 Å². The van der Waals surface area contributed by atoms with Gasteiger partial charge in [-0.05, 0) is 17.7 Å². The Bertz CT molecular complexity index is 542. The monoisotopic (exact) mass is 278 g/mol. The molecule has 1 saturated heterocycles. The minimum Gasteiger partial charge on any atom is -0.481 e. The number of halogens is 1. The Morgan fingerprint density at radius 2 is 2.40 bits per heavy atom. The molecule has 1 unspecified atom stereocenters. The van der Waals surface area contributed by atoms with Crippen LogP contribution in [0.1, 0.15) is 17.5 Å². The van der Waals surface area contributed by atoms with Crippen molar-refractivity contribution in [3.8, 4) is 6.07 Å². The lowest BCUT2D eigenvalue weighted by Gasteiger charge is -2.34. The van der Waals surface area contributed by atoms with Crippen LogP contribution in [-0.4, -0.2) is 41.8 Å². The van der Waals surface area contributed by atoms with Gasteiger partial charge >= 0.3 is 5.97 Å². The lowest BCUT2D eigenvalue weighted by atomic mass is 10.1. The molecule has 0 bridgehead atoms. The summed E-state index contributed by atoms with van der Waals surface area (Å²) in [5, 5.41) is 17.9. The first-order valence-electron chi connectivity index (χ1n) is 6.32. The van der Waals surface area contributed by atoms with Crippen LogP contribution in [0.3, 0.4) is 0 Å². The number of ether oxygens (including phenoxy) is 1. The Kier molecular flexibility index (Phi) is 4.66. The van der Waals surface area contributed by atoms with E-state index in [2.05, 4.69) is 0 Å². The summed E-state index contributed by atoms with van der Waals surface area (Å²) in [6, 6.07) is 5.82. The summed E-state index contributed by atoms with van der Waals surface area (Å²) in [5.74, 6) is -1.33. The number of nitrogens with zero attached hydrogens (tertiary/aromatic N) is 2. The summed E-state index contributed by atoms with van der Waals surface area (Å²) in [5.41, 5.74) is 0.983. The quantitative estimate of drug-likeness (QED) is 0.900. The molecule has 5 nitrogen and oxygen atoms in total. The fourth-order valence-electron chi connectivity index (χ4n) is 2.30. The summed E-state index contributed by atoms with van der Waals surface area (Å²) in [7, 11) is 0. The topological polar surface area (TPSA) is 73.6 Å². The molecular weight excluding hydrogens is 263 g/mol. The van der Waals surface area contributed by atoms with E-state index in [-0.39, 0.29) is 18.0 Å². The molecular formula is C14H15FN2O3. The first-order chi connectivity index (χ1) is 9.60. The predicted molar refractivity (Wildman–Crippen MR) is 68.4 cm³/mol. The van der Waals surface area contributed by atoms with E-state index in [1.165, 1.54) is 12.1 Å². The SMILES string of the molecule is N#Cc1cc(F)ccc1CN1CCOCC1CC(=O)O. The van der Waals surface area contributed by atoms with Crippen molar-refractivity contribution in [2.75, 3.05) is 19.8 Å². The van der Waals surface area contributed by atoms with Gasteiger partial charge in [0.1, 0.15) is 5.82 Å². The highest BCUT2D eigenvalue weighted by Crippen LogP contribution is 2.18. The van der Waals surface area contributed by atoms with Crippen molar-refractivity contribution in [3.05, 3.63) is 35.1 Å². The summed E-state index contributed by atoms with van der Waals surface area (Å²) >= 11 is 0. The Hall–Kier alpha value is -1.97. The van der Waals surface area contributed by atoms with Gasteiger partial charge in [-0.2, -0.15) is 5.26 Å². The van der Waals surface area contributed by atoms with E-state index in [1.807, 2.05) is 11.0 Å². The van der Waals surface area contributed by atoms with E-state index >= 15 is 0 Å². The van der Waals surface area contributed by atoms with Crippen molar-refractivity contribution in [3.63, 3.8) is 0 Å². The Morgan fingerprint density at radius 3 is 3.10 bits per heavy atom. The van der Waals surface area contributed by atoms with Gasteiger partial charge in [-0.1, -0.05) is 6.07 Å². The molecule has 0 amide bonds. The number of hydrogen-bond donors (Lipinski definition) is 1. The van der Waals surface area contributed by atoms with Crippen molar-refractivity contribution in [1.29, 1.82) is 5.26 Å². The number of nitriles is 1. The molecule has 6 heteroatoms. The second-order valence-electron chi connectivity index (χ2n) is 4.71. The van der Waals surface area contributed by atoms with Crippen molar-refractivity contribution in [2.24, 2.45) is 0 Å². The Labute approximate surface area is 116 Å². The van der Waals surface area contributed by atoms with Gasteiger partial charge in [0.25, 0.3) is 0 Å². The van der Waals surface area contributed by atoms with Crippen molar-refractivity contribution >= 4 is 5.97 Å². The zero-order valence-corrected chi connectivity index (χ0v) is 10.9. The van der Waals surface area contributed by atoms with E-state index in [1.54, 1.807) is 6.07 Å². The lowest BCUT2D eigenvalue weighted by molar-refractivity contribution is -0.140. The number of carbonyl (C=O) groups is 1. The highest BCUT2D eigenvalue weighted by molar-refractivity contribution is 5.67. The largest absolute Gasteiger partial charge is 0.481 e. The van der Waals surface area contributed by atoms with Crippen molar-refractivity contribution in [1.82, 2.24) is 4.90 Å². The molecule has 1 aliphatic rings. The van der Waals surface area contributed by atoms with E-state index in [9.17, 15) is 9.18 Å². The molecule has 0 radical (unpaired) electrons. The number of benzene rings is 1.